The Labute approximate surface area is 241 Å². The molecule has 2 heterocycles. The summed E-state index contributed by atoms with van der Waals surface area (Å²) in [5, 5.41) is 0. The average Bonchev–Trinajstić information content (AvgIpc) is 3.57. The van der Waals surface area contributed by atoms with Gasteiger partial charge in [0.1, 0.15) is 0 Å². The lowest BCUT2D eigenvalue weighted by molar-refractivity contribution is 0.110. The van der Waals surface area contributed by atoms with Gasteiger partial charge in [0.2, 0.25) is 0 Å². The Morgan fingerprint density at radius 2 is 0.800 bits per heavy atom. The zero-order chi connectivity index (χ0) is 28.4. The lowest BCUT2D eigenvalue weighted by atomic mass is 10.1. The summed E-state index contributed by atoms with van der Waals surface area (Å²) in [6.45, 7) is 6.23. The zero-order valence-electron chi connectivity index (χ0n) is 24.7. The Hall–Kier alpha value is -3.40. The van der Waals surface area contributed by atoms with Crippen LogP contribution < -0.4 is 0 Å². The molecule has 0 aliphatic rings. The summed E-state index contributed by atoms with van der Waals surface area (Å²) in [4.78, 5) is 23.1. The van der Waals surface area contributed by atoms with Crippen molar-refractivity contribution in [2.45, 2.75) is 104 Å². The van der Waals surface area contributed by atoms with Gasteiger partial charge in [-0.25, -0.2) is 0 Å². The van der Waals surface area contributed by atoms with Crippen LogP contribution >= 0.6 is 0 Å². The number of hydrogen-bond acceptors (Lipinski definition) is 2. The third kappa shape index (κ3) is 9.97. The van der Waals surface area contributed by atoms with Crippen molar-refractivity contribution in [1.29, 1.82) is 0 Å². The number of rotatable bonds is 20. The molecule has 0 N–H and O–H groups in total. The number of aldehydes is 2. The van der Waals surface area contributed by atoms with Gasteiger partial charge in [0.15, 0.2) is 12.6 Å². The van der Waals surface area contributed by atoms with Gasteiger partial charge in [-0.05, 0) is 60.4 Å². The number of carbonyl (C=O) groups is 2. The predicted octanol–water partition coefficient (Wildman–Crippen LogP) is 9.98. The molecule has 40 heavy (non-hydrogen) atoms. The van der Waals surface area contributed by atoms with Crippen LogP contribution in [-0.2, 0) is 13.1 Å². The molecule has 0 radical (unpaired) electrons. The molecule has 0 saturated carbocycles. The van der Waals surface area contributed by atoms with Crippen molar-refractivity contribution in [2.75, 3.05) is 0 Å². The summed E-state index contributed by atoms with van der Waals surface area (Å²) < 4.78 is 4.27. The van der Waals surface area contributed by atoms with Gasteiger partial charge in [0.05, 0.1) is 11.4 Å². The minimum Gasteiger partial charge on any atom is -0.339 e. The maximum absolute atomic E-state index is 11.6. The van der Waals surface area contributed by atoms with E-state index in [0.717, 1.165) is 72.4 Å². The van der Waals surface area contributed by atoms with Gasteiger partial charge >= 0.3 is 0 Å². The van der Waals surface area contributed by atoms with Gasteiger partial charge in [-0.2, -0.15) is 0 Å². The highest BCUT2D eigenvalue weighted by Crippen LogP contribution is 2.18. The smallest absolute Gasteiger partial charge is 0.166 e. The fourth-order valence-corrected chi connectivity index (χ4v) is 5.19. The van der Waals surface area contributed by atoms with E-state index < -0.39 is 0 Å². The molecular formula is C36H48N2O2. The lowest BCUT2D eigenvalue weighted by Gasteiger charge is -2.09. The SMILES string of the molecule is CCCCCCCCn1c(C=O)ccc1/C=C/c1ccc(/C=C/c2ccc(C=O)n2CCCCCCCC)cc1. The maximum Gasteiger partial charge on any atom is 0.166 e. The molecule has 4 nitrogen and oxygen atoms in total. The van der Waals surface area contributed by atoms with E-state index in [1.807, 2.05) is 24.3 Å². The molecule has 3 rings (SSSR count). The van der Waals surface area contributed by atoms with Crippen LogP contribution in [0.5, 0.6) is 0 Å². The molecule has 0 fully saturated rings. The van der Waals surface area contributed by atoms with Gasteiger partial charge in [0, 0.05) is 24.5 Å². The van der Waals surface area contributed by atoms with Gasteiger partial charge in [-0.15, -0.1) is 0 Å². The molecule has 0 amide bonds. The van der Waals surface area contributed by atoms with Crippen molar-refractivity contribution in [3.8, 4) is 0 Å². The summed E-state index contributed by atoms with van der Waals surface area (Å²) in [7, 11) is 0. The standard InChI is InChI=1S/C36H48N2O2/c1-3-5-7-9-11-13-27-37-33(23-25-35(37)29-39)21-19-31-15-17-32(18-16-31)20-22-34-24-26-36(30-40)38(34)28-14-12-10-8-6-4-2/h15-26,29-30H,3-14,27-28H2,1-2H3/b21-19+,22-20+. The third-order valence-electron chi connectivity index (χ3n) is 7.64. The summed E-state index contributed by atoms with van der Waals surface area (Å²) in [5.74, 6) is 0. The molecule has 0 bridgehead atoms. The highest BCUT2D eigenvalue weighted by Gasteiger charge is 2.07. The number of nitrogens with zero attached hydrogens (tertiary/aromatic N) is 2. The fourth-order valence-electron chi connectivity index (χ4n) is 5.19. The predicted molar refractivity (Wildman–Crippen MR) is 171 cm³/mol. The first-order valence-electron chi connectivity index (χ1n) is 15.5. The van der Waals surface area contributed by atoms with Crippen LogP contribution in [0.3, 0.4) is 0 Å². The van der Waals surface area contributed by atoms with Crippen molar-refractivity contribution in [3.05, 3.63) is 82.4 Å². The van der Waals surface area contributed by atoms with E-state index in [2.05, 4.69) is 71.6 Å². The van der Waals surface area contributed by atoms with Gasteiger partial charge in [-0.1, -0.05) is 114 Å². The first kappa shape index (κ1) is 31.1. The first-order valence-corrected chi connectivity index (χ1v) is 15.5. The van der Waals surface area contributed by atoms with Crippen LogP contribution in [0.4, 0.5) is 0 Å². The Balaban J connectivity index is 1.58. The first-order chi connectivity index (χ1) is 19.7. The van der Waals surface area contributed by atoms with Gasteiger partial charge < -0.3 is 9.13 Å². The third-order valence-corrected chi connectivity index (χ3v) is 7.64. The minimum atomic E-state index is 0.743. The summed E-state index contributed by atoms with van der Waals surface area (Å²) in [5.41, 5.74) is 5.85. The summed E-state index contributed by atoms with van der Waals surface area (Å²) >= 11 is 0. The Morgan fingerprint density at radius 3 is 1.18 bits per heavy atom. The molecule has 0 aliphatic carbocycles. The maximum atomic E-state index is 11.6. The monoisotopic (exact) mass is 540 g/mol. The lowest BCUT2D eigenvalue weighted by Crippen LogP contribution is -2.04. The normalized spacial score (nSPS) is 11.7. The summed E-state index contributed by atoms with van der Waals surface area (Å²) in [6.07, 6.45) is 25.2. The molecule has 0 spiro atoms. The van der Waals surface area contributed by atoms with Crippen molar-refractivity contribution >= 4 is 36.9 Å². The van der Waals surface area contributed by atoms with Crippen molar-refractivity contribution in [3.63, 3.8) is 0 Å². The molecule has 0 aliphatic heterocycles. The van der Waals surface area contributed by atoms with Crippen LogP contribution in [0, 0.1) is 0 Å². The molecule has 2 aromatic heterocycles. The second-order valence-electron chi connectivity index (χ2n) is 10.8. The van der Waals surface area contributed by atoms with Gasteiger partial charge in [-0.3, -0.25) is 9.59 Å². The molecule has 1 aromatic carbocycles. The van der Waals surface area contributed by atoms with Crippen LogP contribution in [0.2, 0.25) is 0 Å². The van der Waals surface area contributed by atoms with E-state index in [1.54, 1.807) is 0 Å². The van der Waals surface area contributed by atoms with Crippen LogP contribution in [0.1, 0.15) is 134 Å². The molecule has 4 heteroatoms. The van der Waals surface area contributed by atoms with Gasteiger partial charge in [0.25, 0.3) is 0 Å². The molecule has 0 unspecified atom stereocenters. The number of hydrogen-bond donors (Lipinski definition) is 0. The Kier molecular flexibility index (Phi) is 14.0. The highest BCUT2D eigenvalue weighted by atomic mass is 16.1. The second-order valence-corrected chi connectivity index (χ2v) is 10.8. The summed E-state index contributed by atoms with van der Waals surface area (Å²) in [6, 6.07) is 16.3. The highest BCUT2D eigenvalue weighted by molar-refractivity contribution is 5.78. The van der Waals surface area contributed by atoms with E-state index in [-0.39, 0.29) is 0 Å². The van der Waals surface area contributed by atoms with Crippen LogP contribution in [0.25, 0.3) is 24.3 Å². The van der Waals surface area contributed by atoms with Crippen molar-refractivity contribution in [2.24, 2.45) is 0 Å². The molecule has 214 valence electrons. The number of unbranched alkanes of at least 4 members (excludes halogenated alkanes) is 10. The minimum absolute atomic E-state index is 0.743. The van der Waals surface area contributed by atoms with E-state index in [0.29, 0.717) is 0 Å². The number of benzene rings is 1. The molecule has 0 saturated heterocycles. The zero-order valence-corrected chi connectivity index (χ0v) is 24.7. The van der Waals surface area contributed by atoms with Crippen LogP contribution in [0.15, 0.2) is 48.5 Å². The number of aromatic nitrogens is 2. The molecular weight excluding hydrogens is 492 g/mol. The topological polar surface area (TPSA) is 44.0 Å². The van der Waals surface area contributed by atoms with Crippen molar-refractivity contribution in [1.82, 2.24) is 9.13 Å². The van der Waals surface area contributed by atoms with E-state index in [4.69, 9.17) is 0 Å². The van der Waals surface area contributed by atoms with Crippen molar-refractivity contribution < 1.29 is 9.59 Å². The second kappa shape index (κ2) is 18.0. The van der Waals surface area contributed by atoms with E-state index in [9.17, 15) is 9.59 Å². The molecule has 3 aromatic rings. The van der Waals surface area contributed by atoms with Crippen LogP contribution in [-0.4, -0.2) is 21.7 Å². The van der Waals surface area contributed by atoms with E-state index in [1.165, 1.54) is 64.2 Å². The average molecular weight is 541 g/mol. The Bertz CT molecular complexity index is 1110. The quantitative estimate of drug-likeness (QED) is 0.106. The number of carbonyl (C=O) groups excluding carboxylic acids is 2. The molecule has 0 atom stereocenters. The van der Waals surface area contributed by atoms with E-state index >= 15 is 0 Å². The fraction of sp³-hybridized carbons (Fsp3) is 0.444. The Morgan fingerprint density at radius 1 is 0.450 bits per heavy atom. The largest absolute Gasteiger partial charge is 0.339 e.